The van der Waals surface area contributed by atoms with Crippen molar-refractivity contribution in [1.29, 1.82) is 0 Å². The number of carbonyl (C=O) groups excluding carboxylic acids is 1. The number of hydrogen-bond donors (Lipinski definition) is 1. The summed E-state index contributed by atoms with van der Waals surface area (Å²) in [6.07, 6.45) is 9.73. The fourth-order valence-electron chi connectivity index (χ4n) is 4.76. The number of hydrogen-bond acceptors (Lipinski definition) is 2. The summed E-state index contributed by atoms with van der Waals surface area (Å²) in [5.41, 5.74) is 0. The van der Waals surface area contributed by atoms with Crippen LogP contribution in [0.4, 0.5) is 0 Å². The van der Waals surface area contributed by atoms with Gasteiger partial charge >= 0.3 is 5.97 Å². The third-order valence-corrected chi connectivity index (χ3v) is 6.00. The van der Waals surface area contributed by atoms with Crippen LogP contribution in [0.1, 0.15) is 57.8 Å². The normalized spacial score (nSPS) is 36.9. The van der Waals surface area contributed by atoms with Gasteiger partial charge in [-0.2, -0.15) is 0 Å². The lowest BCUT2D eigenvalue weighted by Gasteiger charge is -2.43. The molecule has 4 nitrogen and oxygen atoms in total. The van der Waals surface area contributed by atoms with Gasteiger partial charge in [0.15, 0.2) is 0 Å². The first-order valence-corrected chi connectivity index (χ1v) is 8.68. The summed E-state index contributed by atoms with van der Waals surface area (Å²) in [4.78, 5) is 26.2. The molecule has 21 heavy (non-hydrogen) atoms. The van der Waals surface area contributed by atoms with Crippen LogP contribution in [0.15, 0.2) is 0 Å². The number of amides is 1. The van der Waals surface area contributed by atoms with Gasteiger partial charge in [-0.1, -0.05) is 32.1 Å². The molecule has 2 aliphatic carbocycles. The summed E-state index contributed by atoms with van der Waals surface area (Å²) in [5.74, 6) is 0.117. The molecule has 1 N–H and O–H groups in total. The van der Waals surface area contributed by atoms with Gasteiger partial charge in [-0.15, -0.1) is 0 Å². The topological polar surface area (TPSA) is 57.6 Å². The fourth-order valence-corrected chi connectivity index (χ4v) is 4.76. The third kappa shape index (κ3) is 3.09. The van der Waals surface area contributed by atoms with Gasteiger partial charge in [-0.25, -0.2) is 0 Å². The van der Waals surface area contributed by atoms with E-state index in [0.29, 0.717) is 12.3 Å². The molecule has 0 radical (unpaired) electrons. The van der Waals surface area contributed by atoms with Gasteiger partial charge < -0.3 is 10.0 Å². The van der Waals surface area contributed by atoms with E-state index in [4.69, 9.17) is 0 Å². The van der Waals surface area contributed by atoms with Crippen LogP contribution >= 0.6 is 0 Å². The zero-order chi connectivity index (χ0) is 14.8. The summed E-state index contributed by atoms with van der Waals surface area (Å²) >= 11 is 0. The standard InChI is InChI=1S/C17H27NO3/c19-16(14-7-3-4-8-15(14)17(20)21)18-10-9-12-5-1-2-6-13(12)11-18/h12-15H,1-11H2,(H,20,21). The fraction of sp³-hybridized carbons (Fsp3) is 0.882. The minimum Gasteiger partial charge on any atom is -0.481 e. The van der Waals surface area contributed by atoms with Crippen molar-refractivity contribution in [2.45, 2.75) is 57.8 Å². The lowest BCUT2D eigenvalue weighted by molar-refractivity contribution is -0.153. The number of rotatable bonds is 2. The van der Waals surface area contributed by atoms with Gasteiger partial charge in [0, 0.05) is 13.1 Å². The Morgan fingerprint density at radius 2 is 1.43 bits per heavy atom. The van der Waals surface area contributed by atoms with Crippen molar-refractivity contribution in [2.24, 2.45) is 23.7 Å². The molecule has 1 heterocycles. The molecular weight excluding hydrogens is 266 g/mol. The largest absolute Gasteiger partial charge is 0.481 e. The first kappa shape index (κ1) is 14.9. The first-order chi connectivity index (χ1) is 10.2. The average Bonchev–Trinajstić information content (AvgIpc) is 2.53. The van der Waals surface area contributed by atoms with E-state index in [1.807, 2.05) is 4.90 Å². The van der Waals surface area contributed by atoms with Crippen LogP contribution in [0, 0.1) is 23.7 Å². The average molecular weight is 293 g/mol. The van der Waals surface area contributed by atoms with Crippen molar-refractivity contribution in [3.63, 3.8) is 0 Å². The summed E-state index contributed by atoms with van der Waals surface area (Å²) in [6, 6.07) is 0. The van der Waals surface area contributed by atoms with E-state index in [1.165, 1.54) is 25.7 Å². The molecule has 0 aromatic carbocycles. The monoisotopic (exact) mass is 293 g/mol. The number of carboxylic acids is 1. The smallest absolute Gasteiger partial charge is 0.307 e. The van der Waals surface area contributed by atoms with Gasteiger partial charge in [0.25, 0.3) is 0 Å². The Kier molecular flexibility index (Phi) is 4.51. The Balaban J connectivity index is 1.65. The van der Waals surface area contributed by atoms with Crippen LogP contribution in [0.25, 0.3) is 0 Å². The number of carboxylic acid groups (broad SMARTS) is 1. The summed E-state index contributed by atoms with van der Waals surface area (Å²) in [5, 5.41) is 9.37. The van der Waals surface area contributed by atoms with Crippen LogP contribution < -0.4 is 0 Å². The maximum Gasteiger partial charge on any atom is 0.307 e. The quantitative estimate of drug-likeness (QED) is 0.851. The molecule has 3 rings (SSSR count). The van der Waals surface area contributed by atoms with E-state index in [2.05, 4.69) is 0 Å². The van der Waals surface area contributed by atoms with Crippen molar-refractivity contribution in [2.75, 3.05) is 13.1 Å². The van der Waals surface area contributed by atoms with E-state index in [9.17, 15) is 14.7 Å². The molecular formula is C17H27NO3. The maximum absolute atomic E-state index is 12.8. The van der Waals surface area contributed by atoms with E-state index < -0.39 is 11.9 Å². The number of fused-ring (bicyclic) bond motifs is 1. The molecule has 3 fully saturated rings. The molecule has 118 valence electrons. The van der Waals surface area contributed by atoms with Gasteiger partial charge in [-0.3, -0.25) is 9.59 Å². The van der Waals surface area contributed by atoms with Crippen molar-refractivity contribution >= 4 is 11.9 Å². The zero-order valence-electron chi connectivity index (χ0n) is 12.8. The maximum atomic E-state index is 12.8. The molecule has 0 spiro atoms. The second-order valence-corrected chi connectivity index (χ2v) is 7.21. The Hall–Kier alpha value is -1.06. The van der Waals surface area contributed by atoms with Crippen molar-refractivity contribution in [1.82, 2.24) is 4.90 Å². The molecule has 4 atom stereocenters. The van der Waals surface area contributed by atoms with E-state index in [1.54, 1.807) is 0 Å². The minimum absolute atomic E-state index is 0.131. The molecule has 1 amide bonds. The van der Waals surface area contributed by atoms with E-state index in [0.717, 1.165) is 44.7 Å². The molecule has 4 unspecified atom stereocenters. The van der Waals surface area contributed by atoms with Gasteiger partial charge in [-0.05, 0) is 37.5 Å². The highest BCUT2D eigenvalue weighted by Crippen LogP contribution is 2.38. The van der Waals surface area contributed by atoms with E-state index >= 15 is 0 Å². The van der Waals surface area contributed by atoms with Gasteiger partial charge in [0.1, 0.15) is 0 Å². The Morgan fingerprint density at radius 3 is 2.14 bits per heavy atom. The van der Waals surface area contributed by atoms with Crippen molar-refractivity contribution < 1.29 is 14.7 Å². The zero-order valence-corrected chi connectivity index (χ0v) is 12.8. The molecule has 1 aliphatic heterocycles. The Bertz CT molecular complexity index is 409. The Morgan fingerprint density at radius 1 is 0.810 bits per heavy atom. The molecule has 0 aromatic heterocycles. The van der Waals surface area contributed by atoms with Crippen molar-refractivity contribution in [3.8, 4) is 0 Å². The predicted octanol–water partition coefficient (Wildman–Crippen LogP) is 2.92. The highest BCUT2D eigenvalue weighted by atomic mass is 16.4. The summed E-state index contributed by atoms with van der Waals surface area (Å²) < 4.78 is 0. The molecule has 2 saturated carbocycles. The minimum atomic E-state index is -0.777. The number of nitrogens with zero attached hydrogens (tertiary/aromatic N) is 1. The molecule has 1 saturated heterocycles. The van der Waals surface area contributed by atoms with Crippen LogP contribution in [0.3, 0.4) is 0 Å². The second-order valence-electron chi connectivity index (χ2n) is 7.21. The number of aliphatic carboxylic acids is 1. The van der Waals surface area contributed by atoms with Crippen LogP contribution in [-0.4, -0.2) is 35.0 Å². The number of likely N-dealkylation sites (tertiary alicyclic amines) is 1. The van der Waals surface area contributed by atoms with Gasteiger partial charge in [0.05, 0.1) is 11.8 Å². The van der Waals surface area contributed by atoms with E-state index in [-0.39, 0.29) is 11.8 Å². The highest BCUT2D eigenvalue weighted by molar-refractivity contribution is 5.85. The lowest BCUT2D eigenvalue weighted by atomic mass is 9.74. The first-order valence-electron chi connectivity index (χ1n) is 8.68. The Labute approximate surface area is 126 Å². The number of piperidine rings is 1. The van der Waals surface area contributed by atoms with Crippen LogP contribution in [0.5, 0.6) is 0 Å². The molecule has 0 aromatic rings. The molecule has 0 bridgehead atoms. The van der Waals surface area contributed by atoms with Gasteiger partial charge in [0.2, 0.25) is 5.91 Å². The SMILES string of the molecule is O=C(O)C1CCCCC1C(=O)N1CCC2CCCCC2C1. The lowest BCUT2D eigenvalue weighted by Crippen LogP contribution is -2.49. The van der Waals surface area contributed by atoms with Crippen molar-refractivity contribution in [3.05, 3.63) is 0 Å². The second kappa shape index (κ2) is 6.37. The van der Waals surface area contributed by atoms with Crippen LogP contribution in [0.2, 0.25) is 0 Å². The number of carbonyl (C=O) groups is 2. The summed E-state index contributed by atoms with van der Waals surface area (Å²) in [7, 11) is 0. The predicted molar refractivity (Wildman–Crippen MR) is 79.7 cm³/mol. The van der Waals surface area contributed by atoms with Crippen LogP contribution in [-0.2, 0) is 9.59 Å². The molecule has 3 aliphatic rings. The summed E-state index contributed by atoms with van der Waals surface area (Å²) in [6.45, 7) is 1.73. The highest BCUT2D eigenvalue weighted by Gasteiger charge is 2.40. The third-order valence-electron chi connectivity index (χ3n) is 6.00. The molecule has 4 heteroatoms.